The van der Waals surface area contributed by atoms with Crippen molar-refractivity contribution in [1.29, 1.82) is 0 Å². The molecule has 1 atom stereocenters. The van der Waals surface area contributed by atoms with E-state index in [0.717, 1.165) is 5.56 Å². The zero-order valence-corrected chi connectivity index (χ0v) is 16.6. The summed E-state index contributed by atoms with van der Waals surface area (Å²) in [7, 11) is 0. The molecule has 1 saturated heterocycles. The van der Waals surface area contributed by atoms with Gasteiger partial charge in [0.25, 0.3) is 0 Å². The van der Waals surface area contributed by atoms with Crippen LogP contribution >= 0.6 is 0 Å². The van der Waals surface area contributed by atoms with Crippen LogP contribution in [0.1, 0.15) is 45.6 Å². The molecule has 1 aliphatic rings. The third-order valence-corrected chi connectivity index (χ3v) is 4.30. The van der Waals surface area contributed by atoms with Gasteiger partial charge in [-0.2, -0.15) is 0 Å². The van der Waals surface area contributed by atoms with E-state index in [1.54, 1.807) is 20.8 Å². The van der Waals surface area contributed by atoms with Gasteiger partial charge < -0.3 is 24.8 Å². The van der Waals surface area contributed by atoms with Crippen molar-refractivity contribution < 1.29 is 29.0 Å². The lowest BCUT2D eigenvalue weighted by atomic mass is 9.86. The smallest absolute Gasteiger partial charge is 0.410 e. The molecule has 0 aromatic heterocycles. The lowest BCUT2D eigenvalue weighted by Gasteiger charge is -2.42. The Morgan fingerprint density at radius 2 is 1.89 bits per heavy atom. The topological polar surface area (TPSA) is 105 Å². The molecule has 0 aliphatic carbocycles. The molecule has 1 aliphatic heterocycles. The number of nitrogens with zero attached hydrogens (tertiary/aromatic N) is 1. The van der Waals surface area contributed by atoms with E-state index in [-0.39, 0.29) is 19.6 Å². The molecule has 2 N–H and O–H groups in total. The minimum atomic E-state index is -1.10. The number of rotatable bonds is 5. The molecule has 1 aromatic carbocycles. The molecule has 1 aromatic rings. The van der Waals surface area contributed by atoms with Crippen LogP contribution in [0.5, 0.6) is 0 Å². The van der Waals surface area contributed by atoms with Crippen LogP contribution in [0.25, 0.3) is 0 Å². The van der Waals surface area contributed by atoms with Crippen LogP contribution in [0, 0.1) is 0 Å². The maximum absolute atomic E-state index is 12.5. The van der Waals surface area contributed by atoms with Gasteiger partial charge in [0, 0.05) is 13.1 Å². The molecule has 0 radical (unpaired) electrons. The quantitative estimate of drug-likeness (QED) is 0.797. The number of carboxylic acids is 1. The molecular formula is C20H28N2O6. The van der Waals surface area contributed by atoms with E-state index in [1.165, 1.54) is 4.90 Å². The van der Waals surface area contributed by atoms with Gasteiger partial charge in [-0.1, -0.05) is 30.3 Å². The monoisotopic (exact) mass is 392 g/mol. The Hall–Kier alpha value is -2.77. The lowest BCUT2D eigenvalue weighted by Crippen LogP contribution is -2.61. The highest BCUT2D eigenvalue weighted by Crippen LogP contribution is 2.26. The third-order valence-electron chi connectivity index (χ3n) is 4.30. The summed E-state index contributed by atoms with van der Waals surface area (Å²) in [6.07, 6.45) is -0.572. The van der Waals surface area contributed by atoms with Crippen LogP contribution in [0.3, 0.4) is 0 Å². The van der Waals surface area contributed by atoms with Gasteiger partial charge in [-0.05, 0) is 39.2 Å². The van der Waals surface area contributed by atoms with Crippen molar-refractivity contribution >= 4 is 18.2 Å². The van der Waals surface area contributed by atoms with Gasteiger partial charge in [0.2, 0.25) is 0 Å². The number of ether oxygens (including phenoxy) is 2. The molecule has 2 amide bonds. The SMILES string of the molecule is CC(C)(C)OC(=O)NC1(CC(=O)O)CCCN(C(=O)OCc2ccccc2)C1. The highest BCUT2D eigenvalue weighted by molar-refractivity contribution is 5.74. The second-order valence-electron chi connectivity index (χ2n) is 8.04. The molecule has 1 fully saturated rings. The van der Waals surface area contributed by atoms with Crippen molar-refractivity contribution in [3.8, 4) is 0 Å². The highest BCUT2D eigenvalue weighted by atomic mass is 16.6. The summed E-state index contributed by atoms with van der Waals surface area (Å²) >= 11 is 0. The number of carbonyl (C=O) groups is 3. The van der Waals surface area contributed by atoms with E-state index in [9.17, 15) is 19.5 Å². The standard InChI is InChI=1S/C20H28N2O6/c1-19(2,3)28-17(25)21-20(12-16(23)24)10-7-11-22(14-20)18(26)27-13-15-8-5-4-6-9-15/h4-6,8-9H,7,10-14H2,1-3H3,(H,21,25)(H,23,24). The van der Waals surface area contributed by atoms with E-state index in [4.69, 9.17) is 9.47 Å². The number of likely N-dealkylation sites (tertiary alicyclic amines) is 1. The number of amides is 2. The van der Waals surface area contributed by atoms with E-state index < -0.39 is 29.3 Å². The van der Waals surface area contributed by atoms with Crippen molar-refractivity contribution in [2.75, 3.05) is 13.1 Å². The van der Waals surface area contributed by atoms with Gasteiger partial charge in [-0.25, -0.2) is 9.59 Å². The maximum Gasteiger partial charge on any atom is 0.410 e. The number of hydrogen-bond donors (Lipinski definition) is 2. The van der Waals surface area contributed by atoms with E-state index >= 15 is 0 Å². The minimum Gasteiger partial charge on any atom is -0.481 e. The predicted octanol–water partition coefficient (Wildman–Crippen LogP) is 3.16. The van der Waals surface area contributed by atoms with Gasteiger partial charge in [-0.15, -0.1) is 0 Å². The predicted molar refractivity (Wildman–Crippen MR) is 102 cm³/mol. The second kappa shape index (κ2) is 8.95. The number of benzene rings is 1. The van der Waals surface area contributed by atoms with Crippen LogP contribution in [0.2, 0.25) is 0 Å². The van der Waals surface area contributed by atoms with Crippen LogP contribution in [0.4, 0.5) is 9.59 Å². The number of nitrogens with one attached hydrogen (secondary N) is 1. The molecule has 1 unspecified atom stereocenters. The first-order chi connectivity index (χ1) is 13.1. The number of alkyl carbamates (subject to hydrolysis) is 1. The molecule has 8 nitrogen and oxygen atoms in total. The number of piperidine rings is 1. The average Bonchev–Trinajstić information content (AvgIpc) is 2.58. The van der Waals surface area contributed by atoms with Crippen molar-refractivity contribution in [3.05, 3.63) is 35.9 Å². The van der Waals surface area contributed by atoms with Gasteiger partial charge in [0.15, 0.2) is 0 Å². The van der Waals surface area contributed by atoms with Crippen LogP contribution in [-0.2, 0) is 20.9 Å². The Bertz CT molecular complexity index is 700. The number of carboxylic acid groups (broad SMARTS) is 1. The molecule has 0 spiro atoms. The molecule has 28 heavy (non-hydrogen) atoms. The normalized spacial score (nSPS) is 19.6. The van der Waals surface area contributed by atoms with E-state index in [1.807, 2.05) is 30.3 Å². The third kappa shape index (κ3) is 6.75. The Labute approximate surface area is 164 Å². The van der Waals surface area contributed by atoms with Crippen LogP contribution in [-0.4, -0.2) is 52.4 Å². The van der Waals surface area contributed by atoms with Gasteiger partial charge in [0.05, 0.1) is 12.0 Å². The van der Waals surface area contributed by atoms with E-state index in [2.05, 4.69) is 5.32 Å². The summed E-state index contributed by atoms with van der Waals surface area (Å²) in [5, 5.41) is 12.0. The summed E-state index contributed by atoms with van der Waals surface area (Å²) in [5.74, 6) is -1.06. The van der Waals surface area contributed by atoms with Crippen molar-refractivity contribution in [2.45, 2.75) is 57.8 Å². The van der Waals surface area contributed by atoms with Gasteiger partial charge in [0.1, 0.15) is 12.2 Å². The molecule has 0 bridgehead atoms. The number of hydrogen-bond acceptors (Lipinski definition) is 5. The molecule has 1 heterocycles. The van der Waals surface area contributed by atoms with Crippen molar-refractivity contribution in [1.82, 2.24) is 10.2 Å². The largest absolute Gasteiger partial charge is 0.481 e. The molecule has 8 heteroatoms. The average molecular weight is 392 g/mol. The summed E-state index contributed by atoms with van der Waals surface area (Å²) in [4.78, 5) is 37.5. The first-order valence-electron chi connectivity index (χ1n) is 9.27. The number of aliphatic carboxylic acids is 1. The number of carbonyl (C=O) groups excluding carboxylic acids is 2. The summed E-state index contributed by atoms with van der Waals surface area (Å²) < 4.78 is 10.6. The maximum atomic E-state index is 12.5. The Morgan fingerprint density at radius 1 is 1.21 bits per heavy atom. The molecule has 154 valence electrons. The first-order valence-corrected chi connectivity index (χ1v) is 9.27. The van der Waals surface area contributed by atoms with Crippen molar-refractivity contribution in [2.24, 2.45) is 0 Å². The van der Waals surface area contributed by atoms with Crippen molar-refractivity contribution in [3.63, 3.8) is 0 Å². The highest BCUT2D eigenvalue weighted by Gasteiger charge is 2.41. The zero-order chi connectivity index (χ0) is 20.8. The second-order valence-corrected chi connectivity index (χ2v) is 8.04. The summed E-state index contributed by atoms with van der Waals surface area (Å²) in [6, 6.07) is 9.28. The van der Waals surface area contributed by atoms with Gasteiger partial charge in [-0.3, -0.25) is 4.79 Å². The fourth-order valence-corrected chi connectivity index (χ4v) is 3.20. The summed E-state index contributed by atoms with van der Waals surface area (Å²) in [5.41, 5.74) is -0.952. The Morgan fingerprint density at radius 3 is 2.50 bits per heavy atom. The van der Waals surface area contributed by atoms with Crippen LogP contribution in [0.15, 0.2) is 30.3 Å². The minimum absolute atomic E-state index is 0.0478. The lowest BCUT2D eigenvalue weighted by molar-refractivity contribution is -0.139. The molecule has 0 saturated carbocycles. The van der Waals surface area contributed by atoms with E-state index in [0.29, 0.717) is 19.4 Å². The Kier molecular flexibility index (Phi) is 6.88. The molecule has 2 rings (SSSR count). The summed E-state index contributed by atoms with van der Waals surface area (Å²) in [6.45, 7) is 5.79. The van der Waals surface area contributed by atoms with Gasteiger partial charge >= 0.3 is 18.2 Å². The fourth-order valence-electron chi connectivity index (χ4n) is 3.20. The first kappa shape index (κ1) is 21.5. The fraction of sp³-hybridized carbons (Fsp3) is 0.550. The Balaban J connectivity index is 2.04. The van der Waals surface area contributed by atoms with Crippen LogP contribution < -0.4 is 5.32 Å². The molecular weight excluding hydrogens is 364 g/mol. The zero-order valence-electron chi connectivity index (χ0n) is 16.6.